The van der Waals surface area contributed by atoms with Crippen molar-refractivity contribution in [2.24, 2.45) is 5.92 Å². The van der Waals surface area contributed by atoms with E-state index in [1.54, 1.807) is 23.5 Å². The van der Waals surface area contributed by atoms with Crippen LogP contribution in [0.2, 0.25) is 0 Å². The number of hydrogen-bond acceptors (Lipinski definition) is 4. The standard InChI is InChI=1S/C30H33FN2O3S/c1-20(2)22-9-11-23(12-10-22)36-19-27-25-14-16-37-28(25)13-15-33(27)29(34)18-32(17-21-7-8-21)30(35)24-5-3-4-6-26(24)31/h3-6,9-12,14,16,20-21,27H,7-8,13,15,17-19H2,1-2H3/t27-/m0/s1. The van der Waals surface area contributed by atoms with Gasteiger partial charge in [-0.1, -0.05) is 38.1 Å². The van der Waals surface area contributed by atoms with Crippen LogP contribution in [-0.4, -0.2) is 47.9 Å². The second-order valence-electron chi connectivity index (χ2n) is 10.3. The monoisotopic (exact) mass is 520 g/mol. The Morgan fingerprint density at radius 1 is 1.11 bits per heavy atom. The number of carbonyl (C=O) groups excluding carboxylic acids is 2. The van der Waals surface area contributed by atoms with Gasteiger partial charge in [-0.05, 0) is 77.9 Å². The van der Waals surface area contributed by atoms with Crippen molar-refractivity contribution in [3.8, 4) is 5.75 Å². The second kappa shape index (κ2) is 11.1. The summed E-state index contributed by atoms with van der Waals surface area (Å²) < 4.78 is 20.6. The topological polar surface area (TPSA) is 49.9 Å². The van der Waals surface area contributed by atoms with Crippen molar-refractivity contribution in [1.29, 1.82) is 0 Å². The first kappa shape index (κ1) is 25.5. The molecule has 0 saturated heterocycles. The van der Waals surface area contributed by atoms with Gasteiger partial charge in [-0.15, -0.1) is 11.3 Å². The summed E-state index contributed by atoms with van der Waals surface area (Å²) in [4.78, 5) is 31.6. The lowest BCUT2D eigenvalue weighted by Gasteiger charge is -2.37. The zero-order valence-corrected chi connectivity index (χ0v) is 22.2. The van der Waals surface area contributed by atoms with Gasteiger partial charge in [-0.2, -0.15) is 0 Å². The highest BCUT2D eigenvalue weighted by molar-refractivity contribution is 7.10. The van der Waals surface area contributed by atoms with Gasteiger partial charge in [0.25, 0.3) is 5.91 Å². The van der Waals surface area contributed by atoms with E-state index in [9.17, 15) is 14.0 Å². The third kappa shape index (κ3) is 5.87. The summed E-state index contributed by atoms with van der Waals surface area (Å²) in [5, 5.41) is 2.06. The van der Waals surface area contributed by atoms with Crippen LogP contribution in [0.5, 0.6) is 5.75 Å². The molecule has 0 bridgehead atoms. The zero-order chi connectivity index (χ0) is 25.9. The van der Waals surface area contributed by atoms with Gasteiger partial charge in [0.15, 0.2) is 0 Å². The van der Waals surface area contributed by atoms with E-state index in [-0.39, 0.29) is 24.1 Å². The quantitative estimate of drug-likeness (QED) is 0.344. The maximum Gasteiger partial charge on any atom is 0.257 e. The molecule has 37 heavy (non-hydrogen) atoms. The fraction of sp³-hybridized carbons (Fsp3) is 0.400. The lowest BCUT2D eigenvalue weighted by Crippen LogP contribution is -2.48. The van der Waals surface area contributed by atoms with Crippen LogP contribution >= 0.6 is 11.3 Å². The van der Waals surface area contributed by atoms with Gasteiger partial charge < -0.3 is 14.5 Å². The molecule has 5 nitrogen and oxygen atoms in total. The van der Waals surface area contributed by atoms with Crippen LogP contribution in [0.25, 0.3) is 0 Å². The van der Waals surface area contributed by atoms with Crippen LogP contribution < -0.4 is 4.74 Å². The second-order valence-corrected chi connectivity index (χ2v) is 11.3. The highest BCUT2D eigenvalue weighted by Crippen LogP contribution is 2.35. The van der Waals surface area contributed by atoms with E-state index in [0.717, 1.165) is 30.6 Å². The zero-order valence-electron chi connectivity index (χ0n) is 21.4. The number of ether oxygens (including phenoxy) is 1. The third-order valence-corrected chi connectivity index (χ3v) is 8.26. The molecule has 0 N–H and O–H groups in total. The molecular weight excluding hydrogens is 487 g/mol. The molecule has 2 amide bonds. The van der Waals surface area contributed by atoms with Crippen molar-refractivity contribution in [3.63, 3.8) is 0 Å². The van der Waals surface area contributed by atoms with Gasteiger partial charge >= 0.3 is 0 Å². The first-order valence-corrected chi connectivity index (χ1v) is 13.9. The van der Waals surface area contributed by atoms with Crippen LogP contribution in [0.15, 0.2) is 60.0 Å². The van der Waals surface area contributed by atoms with Crippen molar-refractivity contribution in [2.75, 3.05) is 26.2 Å². The van der Waals surface area contributed by atoms with E-state index in [4.69, 9.17) is 4.74 Å². The number of benzene rings is 2. The van der Waals surface area contributed by atoms with Crippen LogP contribution in [-0.2, 0) is 11.2 Å². The molecule has 194 valence electrons. The molecule has 1 fully saturated rings. The molecule has 2 aliphatic rings. The smallest absolute Gasteiger partial charge is 0.257 e. The molecule has 0 radical (unpaired) electrons. The van der Waals surface area contributed by atoms with Crippen LogP contribution in [0.4, 0.5) is 4.39 Å². The number of rotatable bonds is 9. The van der Waals surface area contributed by atoms with Gasteiger partial charge in [0.2, 0.25) is 5.91 Å². The SMILES string of the molecule is CC(C)c1ccc(OC[C@H]2c3ccsc3CCN2C(=O)CN(CC2CC2)C(=O)c2ccccc2F)cc1. The highest BCUT2D eigenvalue weighted by Gasteiger charge is 2.35. The normalized spacial score (nSPS) is 17.0. The molecule has 1 aromatic heterocycles. The number of carbonyl (C=O) groups is 2. The number of fused-ring (bicyclic) bond motifs is 1. The van der Waals surface area contributed by atoms with Crippen molar-refractivity contribution < 1.29 is 18.7 Å². The predicted octanol–water partition coefficient (Wildman–Crippen LogP) is 6.07. The Bertz CT molecular complexity index is 1250. The fourth-order valence-corrected chi connectivity index (χ4v) is 5.82. The molecule has 1 saturated carbocycles. The van der Waals surface area contributed by atoms with Gasteiger partial charge in [-0.3, -0.25) is 9.59 Å². The van der Waals surface area contributed by atoms with E-state index in [1.807, 2.05) is 17.0 Å². The molecular formula is C30H33FN2O3S. The molecule has 2 aromatic carbocycles. The maximum atomic E-state index is 14.4. The number of nitrogens with zero attached hydrogens (tertiary/aromatic N) is 2. The van der Waals surface area contributed by atoms with Gasteiger partial charge in [0.05, 0.1) is 11.6 Å². The summed E-state index contributed by atoms with van der Waals surface area (Å²) >= 11 is 1.70. The number of amides is 2. The number of halogens is 1. The fourth-order valence-electron chi connectivity index (χ4n) is 4.89. The van der Waals surface area contributed by atoms with E-state index in [1.165, 1.54) is 27.5 Å². The van der Waals surface area contributed by atoms with E-state index >= 15 is 0 Å². The van der Waals surface area contributed by atoms with Gasteiger partial charge in [0.1, 0.15) is 24.7 Å². The Morgan fingerprint density at radius 2 is 1.86 bits per heavy atom. The van der Waals surface area contributed by atoms with Gasteiger partial charge in [0, 0.05) is 18.0 Å². The van der Waals surface area contributed by atoms with Crippen molar-refractivity contribution in [1.82, 2.24) is 9.80 Å². The first-order valence-electron chi connectivity index (χ1n) is 13.0. The van der Waals surface area contributed by atoms with Crippen molar-refractivity contribution >= 4 is 23.2 Å². The molecule has 7 heteroatoms. The summed E-state index contributed by atoms with van der Waals surface area (Å²) in [7, 11) is 0. The Morgan fingerprint density at radius 3 is 2.57 bits per heavy atom. The maximum absolute atomic E-state index is 14.4. The molecule has 1 aliphatic carbocycles. The molecule has 0 spiro atoms. The van der Waals surface area contributed by atoms with Gasteiger partial charge in [-0.25, -0.2) is 4.39 Å². The molecule has 0 unspecified atom stereocenters. The third-order valence-electron chi connectivity index (χ3n) is 7.26. The molecule has 3 aromatic rings. The molecule has 1 atom stereocenters. The summed E-state index contributed by atoms with van der Waals surface area (Å²) in [6.45, 7) is 5.62. The minimum atomic E-state index is -0.559. The van der Waals surface area contributed by atoms with Crippen LogP contribution in [0, 0.1) is 11.7 Å². The lowest BCUT2D eigenvalue weighted by atomic mass is 10.00. The highest BCUT2D eigenvalue weighted by atomic mass is 32.1. The van der Waals surface area contributed by atoms with Crippen molar-refractivity contribution in [3.05, 3.63) is 87.4 Å². The molecule has 1 aliphatic heterocycles. The largest absolute Gasteiger partial charge is 0.491 e. The summed E-state index contributed by atoms with van der Waals surface area (Å²) in [5.74, 6) is 0.469. The Balaban J connectivity index is 1.33. The summed E-state index contributed by atoms with van der Waals surface area (Å²) in [6, 6.07) is 15.9. The van der Waals surface area contributed by atoms with Crippen LogP contribution in [0.1, 0.15) is 65.0 Å². The Hall–Kier alpha value is -3.19. The van der Waals surface area contributed by atoms with E-state index in [0.29, 0.717) is 31.5 Å². The van der Waals surface area contributed by atoms with E-state index < -0.39 is 11.7 Å². The van der Waals surface area contributed by atoms with Crippen molar-refractivity contribution in [2.45, 2.75) is 45.1 Å². The van der Waals surface area contributed by atoms with E-state index in [2.05, 4.69) is 37.4 Å². The minimum absolute atomic E-state index is 0.0134. The Labute approximate surface area is 221 Å². The minimum Gasteiger partial charge on any atom is -0.491 e. The lowest BCUT2D eigenvalue weighted by molar-refractivity contribution is -0.135. The molecule has 5 rings (SSSR count). The predicted molar refractivity (Wildman–Crippen MR) is 144 cm³/mol. The Kier molecular flexibility index (Phi) is 7.60. The average Bonchev–Trinajstić information content (AvgIpc) is 3.59. The average molecular weight is 521 g/mol. The number of thiophene rings is 1. The molecule has 2 heterocycles. The summed E-state index contributed by atoms with van der Waals surface area (Å²) in [6.07, 6.45) is 2.84. The van der Waals surface area contributed by atoms with Crippen LogP contribution in [0.3, 0.4) is 0 Å². The summed E-state index contributed by atoms with van der Waals surface area (Å²) in [5.41, 5.74) is 2.37. The first-order chi connectivity index (χ1) is 17.9. The number of hydrogen-bond donors (Lipinski definition) is 0.